The van der Waals surface area contributed by atoms with Gasteiger partial charge in [-0.05, 0) is 26.7 Å². The topological polar surface area (TPSA) is 9.23 Å². The van der Waals surface area contributed by atoms with Gasteiger partial charge in [-0.3, -0.25) is 0 Å². The molecule has 0 bridgehead atoms. The Morgan fingerprint density at radius 3 is 1.92 bits per heavy atom. The van der Waals surface area contributed by atoms with Gasteiger partial charge in [-0.1, -0.05) is 26.8 Å². The molecule has 0 aliphatic heterocycles. The molecule has 0 aromatic rings. The molecule has 1 atom stereocenters. The molecule has 0 aliphatic carbocycles. The van der Waals surface area contributed by atoms with E-state index >= 15 is 0 Å². The predicted octanol–water partition coefficient (Wildman–Crippen LogP) is 2.91. The summed E-state index contributed by atoms with van der Waals surface area (Å²) in [4.78, 5) is 0. The fraction of sp³-hybridized carbons (Fsp3) is 0.818. The molecule has 0 heterocycles. The van der Waals surface area contributed by atoms with Crippen molar-refractivity contribution in [2.45, 2.75) is 52.2 Å². The quantitative estimate of drug-likeness (QED) is 0.501. The molecule has 1 nitrogen and oxygen atoms in total. The first-order valence-corrected chi connectivity index (χ1v) is 6.27. The summed E-state index contributed by atoms with van der Waals surface area (Å²) in [7, 11) is -0.541. The molecule has 0 aliphatic rings. The minimum Gasteiger partial charge on any atom is -0.418 e. The Hall–Kier alpha value is -0.0831. The maximum absolute atomic E-state index is 5.91. The third kappa shape index (κ3) is 4.63. The summed E-state index contributed by atoms with van der Waals surface area (Å²) in [5.41, 5.74) is 0.00534. The predicted molar refractivity (Wildman–Crippen MR) is 62.8 cm³/mol. The molecule has 0 amide bonds. The lowest BCUT2D eigenvalue weighted by Gasteiger charge is -2.33. The first-order chi connectivity index (χ1) is 5.71. The van der Waals surface area contributed by atoms with Gasteiger partial charge in [0.05, 0.1) is 0 Å². The van der Waals surface area contributed by atoms with Gasteiger partial charge in [-0.15, -0.1) is 6.58 Å². The Balaban J connectivity index is 4.22. The molecule has 0 fully saturated rings. The van der Waals surface area contributed by atoms with Crippen LogP contribution in [-0.4, -0.2) is 15.4 Å². The van der Waals surface area contributed by atoms with Crippen LogP contribution in [0.25, 0.3) is 0 Å². The molecule has 0 spiro atoms. The van der Waals surface area contributed by atoms with Gasteiger partial charge in [0.15, 0.2) is 9.76 Å². The highest BCUT2D eigenvalue weighted by molar-refractivity contribution is 6.33. The van der Waals surface area contributed by atoms with Gasteiger partial charge in [0.2, 0.25) is 0 Å². The normalized spacial score (nSPS) is 18.1. The van der Waals surface area contributed by atoms with Crippen molar-refractivity contribution in [1.29, 1.82) is 0 Å². The molecule has 1 unspecified atom stereocenters. The van der Waals surface area contributed by atoms with Crippen molar-refractivity contribution >= 4 is 9.76 Å². The highest BCUT2D eigenvalue weighted by Crippen LogP contribution is 2.35. The van der Waals surface area contributed by atoms with Crippen LogP contribution in [0.15, 0.2) is 12.7 Å². The van der Waals surface area contributed by atoms with E-state index in [0.717, 1.165) is 0 Å². The summed E-state index contributed by atoms with van der Waals surface area (Å²) in [6, 6.07) is 0. The zero-order valence-corrected chi connectivity index (χ0v) is 11.4. The minimum atomic E-state index is -0.541. The summed E-state index contributed by atoms with van der Waals surface area (Å²) in [5.74, 6) is 0.624. The largest absolute Gasteiger partial charge is 0.418 e. The lowest BCUT2D eigenvalue weighted by molar-refractivity contribution is 0.130. The molecule has 0 saturated carbocycles. The van der Waals surface area contributed by atoms with Crippen molar-refractivity contribution < 1.29 is 4.43 Å². The highest BCUT2D eigenvalue weighted by Gasteiger charge is 2.27. The Kier molecular flexibility index (Phi) is 4.40. The van der Waals surface area contributed by atoms with Gasteiger partial charge in [-0.2, -0.15) is 0 Å². The zero-order chi connectivity index (χ0) is 10.7. The van der Waals surface area contributed by atoms with E-state index in [-0.39, 0.29) is 10.6 Å². The molecule has 0 N–H and O–H groups in total. The second-order valence-electron chi connectivity index (χ2n) is 5.27. The lowest BCUT2D eigenvalue weighted by atomic mass is 9.97. The zero-order valence-electron chi connectivity index (χ0n) is 9.98. The molecule has 2 heteroatoms. The monoisotopic (exact) mass is 200 g/mol. The second kappa shape index (κ2) is 4.42. The lowest BCUT2D eigenvalue weighted by Crippen LogP contribution is -2.30. The standard InChI is InChI=1S/C11H24OSi/c1-8-11(7,9(2)3)13-12-10(4,5)6/h8-9H,1,13H2,2-7H3. The van der Waals surface area contributed by atoms with Gasteiger partial charge in [0, 0.05) is 10.6 Å². The van der Waals surface area contributed by atoms with Gasteiger partial charge in [0.1, 0.15) is 0 Å². The van der Waals surface area contributed by atoms with E-state index in [1.807, 2.05) is 0 Å². The van der Waals surface area contributed by atoms with Gasteiger partial charge in [-0.25, -0.2) is 0 Å². The average molecular weight is 200 g/mol. The second-order valence-corrected chi connectivity index (χ2v) is 7.37. The summed E-state index contributed by atoms with van der Waals surface area (Å²) in [6.07, 6.45) is 2.07. The fourth-order valence-electron chi connectivity index (χ4n) is 0.833. The molecule has 13 heavy (non-hydrogen) atoms. The molecule has 0 aromatic heterocycles. The summed E-state index contributed by atoms with van der Waals surface area (Å²) < 4.78 is 5.91. The van der Waals surface area contributed by atoms with E-state index in [9.17, 15) is 0 Å². The van der Waals surface area contributed by atoms with Crippen LogP contribution in [-0.2, 0) is 4.43 Å². The van der Waals surface area contributed by atoms with Gasteiger partial charge in [0.25, 0.3) is 0 Å². The molecule has 0 aromatic carbocycles. The number of hydrogen-bond donors (Lipinski definition) is 0. The molecule has 0 radical (unpaired) electrons. The summed E-state index contributed by atoms with van der Waals surface area (Å²) in [5, 5.41) is 0.229. The van der Waals surface area contributed by atoms with E-state index in [4.69, 9.17) is 4.43 Å². The third-order valence-electron chi connectivity index (χ3n) is 2.60. The van der Waals surface area contributed by atoms with Crippen LogP contribution in [0.4, 0.5) is 0 Å². The van der Waals surface area contributed by atoms with Crippen molar-refractivity contribution in [1.82, 2.24) is 0 Å². The molecular formula is C11H24OSi. The van der Waals surface area contributed by atoms with Crippen LogP contribution in [0.2, 0.25) is 5.04 Å². The number of allylic oxidation sites excluding steroid dienone is 1. The van der Waals surface area contributed by atoms with Crippen LogP contribution >= 0.6 is 0 Å². The van der Waals surface area contributed by atoms with E-state index < -0.39 is 9.76 Å². The Bertz CT molecular complexity index is 169. The maximum atomic E-state index is 5.91. The summed E-state index contributed by atoms with van der Waals surface area (Å²) >= 11 is 0. The van der Waals surface area contributed by atoms with Gasteiger partial charge >= 0.3 is 0 Å². The van der Waals surface area contributed by atoms with Crippen molar-refractivity contribution in [3.8, 4) is 0 Å². The number of hydrogen-bond acceptors (Lipinski definition) is 1. The fourth-order valence-corrected chi connectivity index (χ4v) is 2.03. The van der Waals surface area contributed by atoms with E-state index in [1.165, 1.54) is 0 Å². The van der Waals surface area contributed by atoms with Crippen molar-refractivity contribution in [2.75, 3.05) is 0 Å². The first kappa shape index (κ1) is 12.9. The Labute approximate surface area is 85.5 Å². The molecule has 0 rings (SSSR count). The van der Waals surface area contributed by atoms with Gasteiger partial charge < -0.3 is 4.43 Å². The minimum absolute atomic E-state index is 0.00534. The van der Waals surface area contributed by atoms with Crippen molar-refractivity contribution in [3.05, 3.63) is 12.7 Å². The van der Waals surface area contributed by atoms with Crippen molar-refractivity contribution in [2.24, 2.45) is 5.92 Å². The molecule has 78 valence electrons. The van der Waals surface area contributed by atoms with Crippen LogP contribution in [0.3, 0.4) is 0 Å². The Morgan fingerprint density at radius 2 is 1.69 bits per heavy atom. The average Bonchev–Trinajstić information content (AvgIpc) is 1.98. The SMILES string of the molecule is C=CC(C)([SiH2]OC(C)(C)C)C(C)C. The third-order valence-corrected chi connectivity index (χ3v) is 5.34. The smallest absolute Gasteiger partial charge is 0.172 e. The Morgan fingerprint density at radius 1 is 1.23 bits per heavy atom. The van der Waals surface area contributed by atoms with Crippen LogP contribution in [0.5, 0.6) is 0 Å². The van der Waals surface area contributed by atoms with Crippen LogP contribution in [0.1, 0.15) is 41.5 Å². The number of rotatable bonds is 4. The van der Waals surface area contributed by atoms with Crippen LogP contribution < -0.4 is 0 Å². The van der Waals surface area contributed by atoms with E-state index in [2.05, 4.69) is 54.2 Å². The van der Waals surface area contributed by atoms with E-state index in [1.54, 1.807) is 0 Å². The molecular weight excluding hydrogens is 176 g/mol. The highest BCUT2D eigenvalue weighted by atomic mass is 28.2. The maximum Gasteiger partial charge on any atom is 0.172 e. The van der Waals surface area contributed by atoms with Crippen LogP contribution in [0, 0.1) is 5.92 Å². The van der Waals surface area contributed by atoms with Crippen molar-refractivity contribution in [3.63, 3.8) is 0 Å². The van der Waals surface area contributed by atoms with E-state index in [0.29, 0.717) is 5.92 Å². The summed E-state index contributed by atoms with van der Waals surface area (Å²) in [6.45, 7) is 17.0. The first-order valence-electron chi connectivity index (χ1n) is 4.99. The molecule has 0 saturated heterocycles.